The van der Waals surface area contributed by atoms with E-state index in [1.54, 1.807) is 18.2 Å². The Morgan fingerprint density at radius 1 is 1.17 bits per heavy atom. The number of para-hydroxylation sites is 1. The maximum absolute atomic E-state index is 12.5. The summed E-state index contributed by atoms with van der Waals surface area (Å²) >= 11 is 0. The number of ether oxygens (including phenoxy) is 1. The van der Waals surface area contributed by atoms with Crippen molar-refractivity contribution in [2.24, 2.45) is 0 Å². The summed E-state index contributed by atoms with van der Waals surface area (Å²) in [6.07, 6.45) is 2.77. The van der Waals surface area contributed by atoms with Crippen molar-refractivity contribution in [3.8, 4) is 5.75 Å². The van der Waals surface area contributed by atoms with Crippen molar-refractivity contribution in [3.05, 3.63) is 59.7 Å². The molecule has 3 rings (SSSR count). The Morgan fingerprint density at radius 2 is 1.90 bits per heavy atom. The van der Waals surface area contributed by atoms with Gasteiger partial charge in [-0.05, 0) is 49.4 Å². The molecule has 2 aromatic rings. The number of nitrogens with one attached hydrogen (secondary N) is 1. The normalized spacial score (nSPS) is 15.0. The number of alkyl halides is 2. The number of hydrogen-bond acceptors (Lipinski definition) is 4. The highest BCUT2D eigenvalue weighted by molar-refractivity contribution is 6.02. The number of carbonyl (C=O) groups is 1. The zero-order chi connectivity index (χ0) is 21.5. The van der Waals surface area contributed by atoms with E-state index in [1.807, 2.05) is 25.1 Å². The van der Waals surface area contributed by atoms with E-state index < -0.39 is 6.61 Å². The average Bonchev–Trinajstić information content (AvgIpc) is 2.73. The van der Waals surface area contributed by atoms with Crippen molar-refractivity contribution >= 4 is 23.4 Å². The minimum absolute atomic E-state index is 0.0277. The molecular weight excluding hydrogens is 388 g/mol. The quantitative estimate of drug-likeness (QED) is 0.682. The number of anilines is 2. The maximum atomic E-state index is 12.5. The lowest BCUT2D eigenvalue weighted by molar-refractivity contribution is -0.111. The minimum Gasteiger partial charge on any atom is -0.434 e. The summed E-state index contributed by atoms with van der Waals surface area (Å²) in [5.41, 5.74) is 3.37. The van der Waals surface area contributed by atoms with Gasteiger partial charge in [0.15, 0.2) is 0 Å². The van der Waals surface area contributed by atoms with Crippen LogP contribution in [0.1, 0.15) is 18.1 Å². The molecule has 0 spiro atoms. The zero-order valence-corrected chi connectivity index (χ0v) is 17.3. The molecule has 1 amide bonds. The van der Waals surface area contributed by atoms with Gasteiger partial charge in [-0.15, -0.1) is 0 Å². The first-order valence-electron chi connectivity index (χ1n) is 10.1. The van der Waals surface area contributed by atoms with Crippen LogP contribution in [0.4, 0.5) is 20.2 Å². The number of piperazine rings is 1. The molecule has 0 aliphatic carbocycles. The molecule has 0 radical (unpaired) electrons. The van der Waals surface area contributed by atoms with Crippen LogP contribution < -0.4 is 15.0 Å². The van der Waals surface area contributed by atoms with Crippen LogP contribution in [0.25, 0.3) is 6.08 Å². The third-order valence-electron chi connectivity index (χ3n) is 5.17. The molecule has 0 bridgehead atoms. The predicted molar refractivity (Wildman–Crippen MR) is 116 cm³/mol. The van der Waals surface area contributed by atoms with Crippen LogP contribution in [0, 0.1) is 6.92 Å². The van der Waals surface area contributed by atoms with Gasteiger partial charge in [-0.2, -0.15) is 8.78 Å². The maximum Gasteiger partial charge on any atom is 0.387 e. The van der Waals surface area contributed by atoms with E-state index in [4.69, 9.17) is 0 Å². The molecule has 30 heavy (non-hydrogen) atoms. The van der Waals surface area contributed by atoms with E-state index in [9.17, 15) is 13.6 Å². The molecule has 160 valence electrons. The predicted octanol–water partition coefficient (Wildman–Crippen LogP) is 4.39. The summed E-state index contributed by atoms with van der Waals surface area (Å²) in [4.78, 5) is 17.1. The van der Waals surface area contributed by atoms with E-state index in [0.29, 0.717) is 11.3 Å². The number of amides is 1. The van der Waals surface area contributed by atoms with Crippen LogP contribution in [0.15, 0.2) is 48.5 Å². The van der Waals surface area contributed by atoms with Crippen molar-refractivity contribution in [3.63, 3.8) is 0 Å². The molecule has 2 aromatic carbocycles. The Labute approximate surface area is 175 Å². The monoisotopic (exact) mass is 415 g/mol. The number of nitrogens with zero attached hydrogens (tertiary/aromatic N) is 2. The summed E-state index contributed by atoms with van der Waals surface area (Å²) in [5.74, 6) is -0.314. The standard InChI is InChI=1S/C23H27F2N3O2/c1-3-27-12-14-28(15-13-27)20-10-9-19(16-17(20)2)26-22(29)11-8-18-6-4-5-7-21(18)30-23(24)25/h4-11,16,23H,3,12-15H2,1-2H3,(H,26,29)/b11-8+. The molecule has 0 unspecified atom stereocenters. The third-order valence-corrected chi connectivity index (χ3v) is 5.17. The number of likely N-dealkylation sites (N-methyl/N-ethyl adjacent to an activating group) is 1. The first kappa shape index (κ1) is 21.8. The van der Waals surface area contributed by atoms with Crippen LogP contribution in [-0.4, -0.2) is 50.1 Å². The van der Waals surface area contributed by atoms with Gasteiger partial charge >= 0.3 is 6.61 Å². The second-order valence-corrected chi connectivity index (χ2v) is 7.16. The van der Waals surface area contributed by atoms with Gasteiger partial charge in [0, 0.05) is 49.2 Å². The molecule has 1 fully saturated rings. The summed E-state index contributed by atoms with van der Waals surface area (Å²) in [6.45, 7) is 6.45. The van der Waals surface area contributed by atoms with Crippen LogP contribution in [-0.2, 0) is 4.79 Å². The first-order chi connectivity index (χ1) is 14.5. The Hall–Kier alpha value is -2.93. The lowest BCUT2D eigenvalue weighted by atomic mass is 10.1. The lowest BCUT2D eigenvalue weighted by Gasteiger charge is -2.36. The van der Waals surface area contributed by atoms with Gasteiger partial charge in [0.05, 0.1) is 0 Å². The fraction of sp³-hybridized carbons (Fsp3) is 0.348. The van der Waals surface area contributed by atoms with Gasteiger partial charge in [0.2, 0.25) is 5.91 Å². The topological polar surface area (TPSA) is 44.8 Å². The highest BCUT2D eigenvalue weighted by atomic mass is 19.3. The third kappa shape index (κ3) is 5.79. The average molecular weight is 415 g/mol. The zero-order valence-electron chi connectivity index (χ0n) is 17.3. The number of rotatable bonds is 7. The van der Waals surface area contributed by atoms with Gasteiger partial charge in [0.25, 0.3) is 0 Å². The fourth-order valence-electron chi connectivity index (χ4n) is 3.56. The summed E-state index contributed by atoms with van der Waals surface area (Å²) in [5, 5.41) is 2.82. The number of benzene rings is 2. The number of halogens is 2. The van der Waals surface area contributed by atoms with Crippen LogP contribution in [0.5, 0.6) is 5.75 Å². The Bertz CT molecular complexity index is 894. The summed E-state index contributed by atoms with van der Waals surface area (Å²) in [6, 6.07) is 12.2. The van der Waals surface area contributed by atoms with Crippen molar-refractivity contribution in [1.82, 2.24) is 4.90 Å². The molecule has 1 saturated heterocycles. The molecule has 1 N–H and O–H groups in total. The van der Waals surface area contributed by atoms with Gasteiger partial charge < -0.3 is 19.9 Å². The number of carbonyl (C=O) groups excluding carboxylic acids is 1. The van der Waals surface area contributed by atoms with Crippen molar-refractivity contribution in [2.45, 2.75) is 20.5 Å². The highest BCUT2D eigenvalue weighted by Gasteiger charge is 2.17. The molecule has 0 aromatic heterocycles. The van der Waals surface area contributed by atoms with Crippen LogP contribution >= 0.6 is 0 Å². The Balaban J connectivity index is 1.62. The first-order valence-corrected chi connectivity index (χ1v) is 10.1. The van der Waals surface area contributed by atoms with Crippen LogP contribution in [0.2, 0.25) is 0 Å². The van der Waals surface area contributed by atoms with Crippen molar-refractivity contribution in [1.29, 1.82) is 0 Å². The van der Waals surface area contributed by atoms with Gasteiger partial charge in [-0.3, -0.25) is 4.79 Å². The van der Waals surface area contributed by atoms with Gasteiger partial charge in [-0.1, -0.05) is 25.1 Å². The van der Waals surface area contributed by atoms with E-state index in [-0.39, 0.29) is 11.7 Å². The summed E-state index contributed by atoms with van der Waals surface area (Å²) < 4.78 is 29.5. The molecule has 1 aliphatic rings. The van der Waals surface area contributed by atoms with Crippen molar-refractivity contribution < 1.29 is 18.3 Å². The second-order valence-electron chi connectivity index (χ2n) is 7.16. The molecular formula is C23H27F2N3O2. The number of aryl methyl sites for hydroxylation is 1. The van der Waals surface area contributed by atoms with E-state index in [2.05, 4.69) is 26.8 Å². The van der Waals surface area contributed by atoms with E-state index in [1.165, 1.54) is 23.9 Å². The minimum atomic E-state index is -2.92. The second kappa shape index (κ2) is 10.2. The van der Waals surface area contributed by atoms with E-state index in [0.717, 1.165) is 38.3 Å². The Kier molecular flexibility index (Phi) is 7.41. The van der Waals surface area contributed by atoms with Crippen molar-refractivity contribution in [2.75, 3.05) is 42.9 Å². The molecule has 7 heteroatoms. The SMILES string of the molecule is CCN1CCN(c2ccc(NC(=O)/C=C/c3ccccc3OC(F)F)cc2C)CC1. The fourth-order valence-corrected chi connectivity index (χ4v) is 3.56. The smallest absolute Gasteiger partial charge is 0.387 e. The van der Waals surface area contributed by atoms with Crippen LogP contribution in [0.3, 0.4) is 0 Å². The molecule has 1 heterocycles. The van der Waals surface area contributed by atoms with E-state index >= 15 is 0 Å². The number of hydrogen-bond donors (Lipinski definition) is 1. The highest BCUT2D eigenvalue weighted by Crippen LogP contribution is 2.25. The molecule has 5 nitrogen and oxygen atoms in total. The Morgan fingerprint density at radius 3 is 2.57 bits per heavy atom. The van der Waals surface area contributed by atoms with Gasteiger partial charge in [-0.25, -0.2) is 0 Å². The molecule has 0 atom stereocenters. The largest absolute Gasteiger partial charge is 0.434 e. The van der Waals surface area contributed by atoms with Gasteiger partial charge in [0.1, 0.15) is 5.75 Å². The lowest BCUT2D eigenvalue weighted by Crippen LogP contribution is -2.46. The summed E-state index contributed by atoms with van der Waals surface area (Å²) in [7, 11) is 0. The molecule has 0 saturated carbocycles. The molecule has 1 aliphatic heterocycles.